The van der Waals surface area contributed by atoms with Gasteiger partial charge in [-0.05, 0) is 52.3 Å². The highest BCUT2D eigenvalue weighted by molar-refractivity contribution is 5.36. The Hall–Kier alpha value is -2.34. The Morgan fingerprint density at radius 2 is 1.93 bits per heavy atom. The topological polar surface area (TPSA) is 56.7 Å². The van der Waals surface area contributed by atoms with Crippen molar-refractivity contribution in [3.05, 3.63) is 41.3 Å². The van der Waals surface area contributed by atoms with Crippen LogP contribution in [-0.2, 0) is 0 Å². The number of rotatable bonds is 5. The van der Waals surface area contributed by atoms with Crippen molar-refractivity contribution in [2.45, 2.75) is 39.7 Å². The van der Waals surface area contributed by atoms with E-state index < -0.39 is 0 Å². The maximum absolute atomic E-state index is 6.10. The molecule has 150 valence electrons. The number of aryl methyl sites for hydroxylation is 2. The zero-order valence-electron chi connectivity index (χ0n) is 17.0. The first-order chi connectivity index (χ1) is 13.6. The molecule has 2 aromatic rings. The Morgan fingerprint density at radius 1 is 1.14 bits per heavy atom. The molecule has 28 heavy (non-hydrogen) atoms. The lowest BCUT2D eigenvalue weighted by molar-refractivity contribution is 0.0981. The highest BCUT2D eigenvalue weighted by Crippen LogP contribution is 2.32. The molecular weight excluding hydrogens is 354 g/mol. The van der Waals surface area contributed by atoms with Crippen LogP contribution in [-0.4, -0.2) is 47.8 Å². The van der Waals surface area contributed by atoms with Crippen molar-refractivity contribution in [2.75, 3.05) is 32.9 Å². The molecule has 0 aromatic carbocycles. The average Bonchev–Trinajstić information content (AvgIpc) is 2.71. The van der Waals surface area contributed by atoms with Gasteiger partial charge in [-0.2, -0.15) is 0 Å². The van der Waals surface area contributed by atoms with Gasteiger partial charge < -0.3 is 14.2 Å². The number of nitrogens with zero attached hydrogens (tertiary/aromatic N) is 3. The van der Waals surface area contributed by atoms with Gasteiger partial charge in [0.1, 0.15) is 19.0 Å². The molecule has 1 fully saturated rings. The van der Waals surface area contributed by atoms with Crippen molar-refractivity contribution in [3.63, 3.8) is 0 Å². The van der Waals surface area contributed by atoms with Gasteiger partial charge in [0.25, 0.3) is 5.88 Å². The summed E-state index contributed by atoms with van der Waals surface area (Å²) in [5.74, 6) is 2.80. The van der Waals surface area contributed by atoms with Crippen LogP contribution in [0.5, 0.6) is 17.4 Å². The Balaban J connectivity index is 1.37. The van der Waals surface area contributed by atoms with Crippen LogP contribution in [0.1, 0.15) is 42.9 Å². The van der Waals surface area contributed by atoms with Crippen LogP contribution >= 0.6 is 0 Å². The van der Waals surface area contributed by atoms with E-state index in [4.69, 9.17) is 19.2 Å². The maximum atomic E-state index is 6.10. The molecule has 1 saturated heterocycles. The van der Waals surface area contributed by atoms with Crippen LogP contribution in [0.15, 0.2) is 24.3 Å². The van der Waals surface area contributed by atoms with Gasteiger partial charge in [-0.15, -0.1) is 0 Å². The monoisotopic (exact) mass is 383 g/mol. The van der Waals surface area contributed by atoms with Crippen LogP contribution in [0.2, 0.25) is 0 Å². The average molecular weight is 383 g/mol. The summed E-state index contributed by atoms with van der Waals surface area (Å²) >= 11 is 0. The summed E-state index contributed by atoms with van der Waals surface area (Å²) < 4.78 is 17.3. The predicted molar refractivity (Wildman–Crippen MR) is 107 cm³/mol. The van der Waals surface area contributed by atoms with Crippen LogP contribution in [0, 0.1) is 19.8 Å². The number of ether oxygens (including phenoxy) is 3. The highest BCUT2D eigenvalue weighted by Gasteiger charge is 2.26. The molecule has 0 bridgehead atoms. The first-order valence-electron chi connectivity index (χ1n) is 10.2. The van der Waals surface area contributed by atoms with Crippen molar-refractivity contribution in [1.82, 2.24) is 14.9 Å². The van der Waals surface area contributed by atoms with Crippen molar-refractivity contribution in [3.8, 4) is 17.4 Å². The molecule has 0 amide bonds. The van der Waals surface area contributed by atoms with Gasteiger partial charge in [0.15, 0.2) is 5.75 Å². The van der Waals surface area contributed by atoms with Gasteiger partial charge in [-0.25, -0.2) is 4.98 Å². The van der Waals surface area contributed by atoms with E-state index in [2.05, 4.69) is 22.9 Å². The van der Waals surface area contributed by atoms with Crippen molar-refractivity contribution in [1.29, 1.82) is 0 Å². The third-order valence-electron chi connectivity index (χ3n) is 5.49. The fraction of sp³-hybridized carbons (Fsp3) is 0.545. The van der Waals surface area contributed by atoms with E-state index in [0.717, 1.165) is 48.3 Å². The first kappa shape index (κ1) is 19.0. The zero-order chi connectivity index (χ0) is 19.5. The summed E-state index contributed by atoms with van der Waals surface area (Å²) in [4.78, 5) is 11.6. The van der Waals surface area contributed by atoms with E-state index in [-0.39, 0.29) is 6.04 Å². The van der Waals surface area contributed by atoms with E-state index in [9.17, 15) is 0 Å². The normalized spacial score (nSPS) is 20.6. The van der Waals surface area contributed by atoms with Gasteiger partial charge in [0.05, 0.1) is 12.3 Å². The second-order valence-corrected chi connectivity index (χ2v) is 7.81. The standard InChI is InChI=1S/C22H29N3O3/c1-15-11-19(12-16(2)23-15)28-14-18-5-4-8-25(13-18)17(3)20-6-7-21-22(24-20)27-10-9-26-21/h6-7,11-12,17-18H,4-5,8-10,13-14H2,1-3H3/t17?,18-/m1/s1. The molecule has 1 unspecified atom stereocenters. The number of pyridine rings is 2. The van der Waals surface area contributed by atoms with Gasteiger partial charge in [0.2, 0.25) is 0 Å². The SMILES string of the molecule is Cc1cc(OC[C@@H]2CCCN(C(C)c3ccc4c(n3)OCCO4)C2)cc(C)n1. The van der Waals surface area contributed by atoms with Crippen LogP contribution in [0.4, 0.5) is 0 Å². The van der Waals surface area contributed by atoms with Crippen molar-refractivity contribution < 1.29 is 14.2 Å². The van der Waals surface area contributed by atoms with E-state index in [1.54, 1.807) is 0 Å². The third-order valence-corrected chi connectivity index (χ3v) is 5.49. The lowest BCUT2D eigenvalue weighted by atomic mass is 9.97. The second-order valence-electron chi connectivity index (χ2n) is 7.81. The first-order valence-corrected chi connectivity index (χ1v) is 10.2. The predicted octanol–water partition coefficient (Wildman–Crippen LogP) is 3.72. The minimum absolute atomic E-state index is 0.240. The summed E-state index contributed by atoms with van der Waals surface area (Å²) in [6, 6.07) is 8.29. The number of fused-ring (bicyclic) bond motifs is 1. The highest BCUT2D eigenvalue weighted by atomic mass is 16.6. The number of hydrogen-bond donors (Lipinski definition) is 0. The number of aromatic nitrogens is 2. The molecule has 0 aliphatic carbocycles. The van der Waals surface area contributed by atoms with Crippen LogP contribution in [0.3, 0.4) is 0 Å². The summed E-state index contributed by atoms with van der Waals surface area (Å²) in [5, 5.41) is 0. The van der Waals surface area contributed by atoms with E-state index >= 15 is 0 Å². The number of likely N-dealkylation sites (tertiary alicyclic amines) is 1. The summed E-state index contributed by atoms with van der Waals surface area (Å²) in [6.07, 6.45) is 2.37. The van der Waals surface area contributed by atoms with Crippen molar-refractivity contribution >= 4 is 0 Å². The van der Waals surface area contributed by atoms with Gasteiger partial charge >= 0.3 is 0 Å². The lowest BCUT2D eigenvalue weighted by Gasteiger charge is -2.36. The number of hydrogen-bond acceptors (Lipinski definition) is 6. The molecule has 4 rings (SSSR count). The minimum Gasteiger partial charge on any atom is -0.493 e. The molecule has 0 radical (unpaired) electrons. The molecule has 0 saturated carbocycles. The fourth-order valence-corrected chi connectivity index (χ4v) is 4.04. The Labute approximate surface area is 166 Å². The molecule has 6 nitrogen and oxygen atoms in total. The van der Waals surface area contributed by atoms with Gasteiger partial charge in [0, 0.05) is 42.0 Å². The Bertz CT molecular complexity index is 806. The number of piperidine rings is 1. The lowest BCUT2D eigenvalue weighted by Crippen LogP contribution is -2.39. The molecule has 2 aliphatic heterocycles. The van der Waals surface area contributed by atoms with E-state index in [1.807, 2.05) is 32.0 Å². The minimum atomic E-state index is 0.240. The quantitative estimate of drug-likeness (QED) is 0.784. The molecular formula is C22H29N3O3. The van der Waals surface area contributed by atoms with E-state index in [0.29, 0.717) is 25.0 Å². The molecule has 2 atom stereocenters. The molecule has 6 heteroatoms. The summed E-state index contributed by atoms with van der Waals surface area (Å²) in [6.45, 7) is 10.2. The van der Waals surface area contributed by atoms with Crippen LogP contribution < -0.4 is 14.2 Å². The fourth-order valence-electron chi connectivity index (χ4n) is 4.04. The second kappa shape index (κ2) is 8.35. The molecule has 2 aromatic heterocycles. The molecule has 2 aliphatic rings. The maximum Gasteiger partial charge on any atom is 0.257 e. The molecule has 4 heterocycles. The van der Waals surface area contributed by atoms with Gasteiger partial charge in [-0.3, -0.25) is 9.88 Å². The molecule has 0 N–H and O–H groups in total. The summed E-state index contributed by atoms with van der Waals surface area (Å²) in [5.41, 5.74) is 3.03. The summed E-state index contributed by atoms with van der Waals surface area (Å²) in [7, 11) is 0. The van der Waals surface area contributed by atoms with Crippen LogP contribution in [0.25, 0.3) is 0 Å². The van der Waals surface area contributed by atoms with E-state index in [1.165, 1.54) is 12.8 Å². The molecule has 0 spiro atoms. The zero-order valence-corrected chi connectivity index (χ0v) is 17.0. The Morgan fingerprint density at radius 3 is 2.75 bits per heavy atom. The van der Waals surface area contributed by atoms with Gasteiger partial charge in [-0.1, -0.05) is 0 Å². The largest absolute Gasteiger partial charge is 0.493 e. The Kier molecular flexibility index (Phi) is 5.67. The smallest absolute Gasteiger partial charge is 0.257 e. The van der Waals surface area contributed by atoms with Crippen molar-refractivity contribution in [2.24, 2.45) is 5.92 Å². The third kappa shape index (κ3) is 4.38.